The number of pyridine rings is 1. The van der Waals surface area contributed by atoms with E-state index in [9.17, 15) is 35.9 Å². The van der Waals surface area contributed by atoms with Crippen LogP contribution in [0.4, 0.5) is 26.3 Å². The Labute approximate surface area is 98.7 Å². The van der Waals surface area contributed by atoms with E-state index >= 15 is 0 Å². The number of hydrogen-bond donors (Lipinski definition) is 3. The lowest BCUT2D eigenvalue weighted by Crippen LogP contribution is -2.28. The molecule has 0 radical (unpaired) electrons. The molecule has 5 nitrogen and oxygen atoms in total. The standard InChI is InChI=1S/C8H3F6NO4/c9-7(10,11)4-1(6(18)19)2(16)3(17)5(15-4)8(12,13)14/h17H,(H,15,16)(H,18,19). The number of carboxylic acid groups (broad SMARTS) is 1. The summed E-state index contributed by atoms with van der Waals surface area (Å²) in [5.41, 5.74) is -9.05. The van der Waals surface area contributed by atoms with Gasteiger partial charge in [-0.1, -0.05) is 0 Å². The van der Waals surface area contributed by atoms with Gasteiger partial charge in [0.25, 0.3) is 0 Å². The quantitative estimate of drug-likeness (QED) is 0.688. The van der Waals surface area contributed by atoms with Gasteiger partial charge in [-0.2, -0.15) is 26.3 Å². The summed E-state index contributed by atoms with van der Waals surface area (Å²) in [6.07, 6.45) is -11.0. The minimum absolute atomic E-state index is 0.703. The highest BCUT2D eigenvalue weighted by Gasteiger charge is 2.44. The van der Waals surface area contributed by atoms with Crippen molar-refractivity contribution in [2.24, 2.45) is 0 Å². The van der Waals surface area contributed by atoms with Crippen LogP contribution in [-0.2, 0) is 12.4 Å². The summed E-state index contributed by atoms with van der Waals surface area (Å²) >= 11 is 0. The Balaban J connectivity index is 3.86. The molecule has 0 fully saturated rings. The highest BCUT2D eigenvalue weighted by molar-refractivity contribution is 5.89. The maximum atomic E-state index is 12.4. The summed E-state index contributed by atoms with van der Waals surface area (Å²) in [4.78, 5) is 22.3. The molecule has 0 saturated heterocycles. The molecular formula is C8H3F6NO4. The lowest BCUT2D eigenvalue weighted by atomic mass is 10.1. The summed E-state index contributed by atoms with van der Waals surface area (Å²) in [7, 11) is 0. The third-order valence-corrected chi connectivity index (χ3v) is 1.96. The molecule has 0 atom stereocenters. The minimum Gasteiger partial charge on any atom is -0.503 e. The molecule has 1 aromatic rings. The number of carbonyl (C=O) groups is 1. The zero-order chi connectivity index (χ0) is 15.2. The van der Waals surface area contributed by atoms with Crippen LogP contribution in [0.2, 0.25) is 0 Å². The maximum absolute atomic E-state index is 12.4. The highest BCUT2D eigenvalue weighted by atomic mass is 19.4. The van der Waals surface area contributed by atoms with Gasteiger partial charge in [0.05, 0.1) is 0 Å². The Morgan fingerprint density at radius 1 is 1.00 bits per heavy atom. The third kappa shape index (κ3) is 2.63. The molecule has 1 rings (SSSR count). The van der Waals surface area contributed by atoms with Crippen LogP contribution < -0.4 is 5.43 Å². The molecule has 0 amide bonds. The Hall–Kier alpha value is -2.20. The van der Waals surface area contributed by atoms with E-state index in [1.54, 1.807) is 0 Å². The molecule has 0 spiro atoms. The van der Waals surface area contributed by atoms with Crippen molar-refractivity contribution in [2.45, 2.75) is 12.4 Å². The van der Waals surface area contributed by atoms with Gasteiger partial charge in [0, 0.05) is 0 Å². The smallest absolute Gasteiger partial charge is 0.435 e. The lowest BCUT2D eigenvalue weighted by molar-refractivity contribution is -0.151. The molecule has 0 unspecified atom stereocenters. The fourth-order valence-corrected chi connectivity index (χ4v) is 1.21. The second-order valence-electron chi connectivity index (χ2n) is 3.23. The van der Waals surface area contributed by atoms with Crippen molar-refractivity contribution in [3.63, 3.8) is 0 Å². The molecule has 1 aromatic heterocycles. The monoisotopic (exact) mass is 291 g/mol. The molecule has 0 aliphatic carbocycles. The van der Waals surface area contributed by atoms with E-state index < -0.39 is 46.5 Å². The molecule has 0 bridgehead atoms. The van der Waals surface area contributed by atoms with Gasteiger partial charge < -0.3 is 15.2 Å². The van der Waals surface area contributed by atoms with Gasteiger partial charge in [-0.25, -0.2) is 4.79 Å². The molecule has 1 heterocycles. The number of H-pyrrole nitrogens is 1. The average Bonchev–Trinajstić information content (AvgIpc) is 2.17. The van der Waals surface area contributed by atoms with Crippen LogP contribution in [0, 0.1) is 0 Å². The SMILES string of the molecule is O=C(O)c1c(C(F)(F)F)[nH]c(C(F)(F)F)c(O)c1=O. The number of nitrogens with one attached hydrogen (secondary N) is 1. The van der Waals surface area contributed by atoms with E-state index in [0.29, 0.717) is 4.98 Å². The van der Waals surface area contributed by atoms with Gasteiger partial charge >= 0.3 is 18.3 Å². The number of carboxylic acids is 1. The summed E-state index contributed by atoms with van der Waals surface area (Å²) in [5, 5.41) is 17.3. The summed E-state index contributed by atoms with van der Waals surface area (Å²) in [5.74, 6) is -4.56. The molecule has 0 saturated carbocycles. The van der Waals surface area contributed by atoms with Crippen LogP contribution in [-0.4, -0.2) is 21.2 Å². The molecule has 106 valence electrons. The molecule has 0 aliphatic rings. The number of aromatic hydroxyl groups is 1. The Morgan fingerprint density at radius 2 is 1.42 bits per heavy atom. The Kier molecular flexibility index (Phi) is 3.26. The zero-order valence-electron chi connectivity index (χ0n) is 8.48. The first kappa shape index (κ1) is 14.9. The fourth-order valence-electron chi connectivity index (χ4n) is 1.21. The summed E-state index contributed by atoms with van der Waals surface area (Å²) in [6, 6.07) is 0. The van der Waals surface area contributed by atoms with Gasteiger partial charge in [0.1, 0.15) is 11.3 Å². The van der Waals surface area contributed by atoms with Crippen molar-refractivity contribution in [1.29, 1.82) is 0 Å². The van der Waals surface area contributed by atoms with Crippen molar-refractivity contribution in [2.75, 3.05) is 0 Å². The first-order chi connectivity index (χ1) is 8.37. The molecule has 0 aliphatic heterocycles. The number of aromatic carboxylic acids is 1. The van der Waals surface area contributed by atoms with Crippen LogP contribution >= 0.6 is 0 Å². The van der Waals surface area contributed by atoms with Crippen LogP contribution in [0.25, 0.3) is 0 Å². The van der Waals surface area contributed by atoms with E-state index in [1.165, 1.54) is 0 Å². The van der Waals surface area contributed by atoms with Gasteiger partial charge in [0.2, 0.25) is 5.43 Å². The Morgan fingerprint density at radius 3 is 1.74 bits per heavy atom. The average molecular weight is 291 g/mol. The second kappa shape index (κ2) is 4.17. The second-order valence-corrected chi connectivity index (χ2v) is 3.23. The van der Waals surface area contributed by atoms with Crippen molar-refractivity contribution < 1.29 is 41.4 Å². The topological polar surface area (TPSA) is 90.4 Å². The van der Waals surface area contributed by atoms with E-state index in [1.807, 2.05) is 0 Å². The van der Waals surface area contributed by atoms with Gasteiger partial charge in [0.15, 0.2) is 11.4 Å². The van der Waals surface area contributed by atoms with Crippen molar-refractivity contribution in [3.05, 3.63) is 27.2 Å². The normalized spacial score (nSPS) is 12.5. The van der Waals surface area contributed by atoms with Gasteiger partial charge in [-0.3, -0.25) is 4.79 Å². The molecule has 11 heteroatoms. The van der Waals surface area contributed by atoms with Crippen LogP contribution in [0.15, 0.2) is 4.79 Å². The van der Waals surface area contributed by atoms with Gasteiger partial charge in [-0.05, 0) is 0 Å². The van der Waals surface area contributed by atoms with Gasteiger partial charge in [-0.15, -0.1) is 0 Å². The Bertz CT molecular complexity index is 585. The van der Waals surface area contributed by atoms with Crippen LogP contribution in [0.3, 0.4) is 0 Å². The minimum atomic E-state index is -5.54. The number of aromatic nitrogens is 1. The van der Waals surface area contributed by atoms with Crippen LogP contribution in [0.5, 0.6) is 5.75 Å². The predicted octanol–water partition coefficient (Wildman–Crippen LogP) is 1.82. The highest BCUT2D eigenvalue weighted by Crippen LogP contribution is 2.36. The zero-order valence-corrected chi connectivity index (χ0v) is 8.48. The third-order valence-electron chi connectivity index (χ3n) is 1.96. The number of rotatable bonds is 1. The van der Waals surface area contributed by atoms with Crippen LogP contribution in [0.1, 0.15) is 21.7 Å². The van der Waals surface area contributed by atoms with Crippen molar-refractivity contribution >= 4 is 5.97 Å². The van der Waals surface area contributed by atoms with Crippen molar-refractivity contribution in [1.82, 2.24) is 4.98 Å². The number of aromatic amines is 1. The number of alkyl halides is 6. The summed E-state index contributed by atoms with van der Waals surface area (Å²) < 4.78 is 74.1. The number of hydrogen-bond acceptors (Lipinski definition) is 3. The fraction of sp³-hybridized carbons (Fsp3) is 0.250. The predicted molar refractivity (Wildman–Crippen MR) is 45.7 cm³/mol. The first-order valence-corrected chi connectivity index (χ1v) is 4.24. The molecule has 3 N–H and O–H groups in total. The van der Waals surface area contributed by atoms with E-state index in [4.69, 9.17) is 10.2 Å². The first-order valence-electron chi connectivity index (χ1n) is 4.24. The maximum Gasteiger partial charge on any atom is 0.435 e. The van der Waals surface area contributed by atoms with E-state index in [0.717, 1.165) is 0 Å². The molecule has 0 aromatic carbocycles. The lowest BCUT2D eigenvalue weighted by Gasteiger charge is -2.15. The van der Waals surface area contributed by atoms with Crippen molar-refractivity contribution in [3.8, 4) is 5.75 Å². The van der Waals surface area contributed by atoms with E-state index in [-0.39, 0.29) is 0 Å². The molecular weight excluding hydrogens is 288 g/mol. The number of halogens is 6. The molecule has 19 heavy (non-hydrogen) atoms. The largest absolute Gasteiger partial charge is 0.503 e. The summed E-state index contributed by atoms with van der Waals surface area (Å²) in [6.45, 7) is 0. The van der Waals surface area contributed by atoms with E-state index in [2.05, 4.69) is 0 Å².